The molecule has 0 spiro atoms. The molecule has 4 heterocycles. The number of pyridine rings is 1. The van der Waals surface area contributed by atoms with Crippen molar-refractivity contribution in [1.82, 2.24) is 19.4 Å². The third-order valence-electron chi connectivity index (χ3n) is 8.08. The van der Waals surface area contributed by atoms with E-state index in [2.05, 4.69) is 9.97 Å². The summed E-state index contributed by atoms with van der Waals surface area (Å²) in [6.07, 6.45) is -3.82. The zero-order valence-corrected chi connectivity index (χ0v) is 24.8. The summed E-state index contributed by atoms with van der Waals surface area (Å²) in [6, 6.07) is 7.90. The lowest BCUT2D eigenvalue weighted by atomic mass is 9.97. The van der Waals surface area contributed by atoms with Crippen LogP contribution >= 0.6 is 23.2 Å². The summed E-state index contributed by atoms with van der Waals surface area (Å²) >= 11 is 12.1. The Kier molecular flexibility index (Phi) is 8.20. The second-order valence-electron chi connectivity index (χ2n) is 10.8. The number of alkyl halides is 3. The summed E-state index contributed by atoms with van der Waals surface area (Å²) in [7, 11) is 0. The highest BCUT2D eigenvalue weighted by molar-refractivity contribution is 6.35. The first-order valence-corrected chi connectivity index (χ1v) is 14.6. The van der Waals surface area contributed by atoms with Crippen molar-refractivity contribution in [3.63, 3.8) is 0 Å². The van der Waals surface area contributed by atoms with Crippen LogP contribution in [0.1, 0.15) is 58.0 Å². The molecule has 2 aromatic heterocycles. The summed E-state index contributed by atoms with van der Waals surface area (Å²) in [5.41, 5.74) is 0.260. The third-order valence-corrected chi connectivity index (χ3v) is 8.66. The lowest BCUT2D eigenvalue weighted by Crippen LogP contribution is -2.36. The van der Waals surface area contributed by atoms with Gasteiger partial charge in [0.1, 0.15) is 23.5 Å². The minimum absolute atomic E-state index is 0.0740. The van der Waals surface area contributed by atoms with Gasteiger partial charge in [0.05, 0.1) is 42.0 Å². The fourth-order valence-electron chi connectivity index (χ4n) is 5.58. The summed E-state index contributed by atoms with van der Waals surface area (Å²) < 4.78 is 70.4. The van der Waals surface area contributed by atoms with E-state index in [4.69, 9.17) is 32.7 Å². The Hall–Kier alpha value is -3.45. The molecular formula is C30H26Cl2F4N4O4. The van der Waals surface area contributed by atoms with Crippen LogP contribution in [0.15, 0.2) is 36.4 Å². The van der Waals surface area contributed by atoms with E-state index in [0.717, 1.165) is 12.5 Å². The van der Waals surface area contributed by atoms with Crippen molar-refractivity contribution in [3.8, 4) is 5.88 Å². The van der Waals surface area contributed by atoms with Crippen LogP contribution in [0.5, 0.6) is 5.88 Å². The van der Waals surface area contributed by atoms with E-state index in [0.29, 0.717) is 46.3 Å². The topological polar surface area (TPSA) is 89.7 Å². The monoisotopic (exact) mass is 652 g/mol. The lowest BCUT2D eigenvalue weighted by Gasteiger charge is -2.35. The van der Waals surface area contributed by atoms with E-state index in [-0.39, 0.29) is 42.8 Å². The lowest BCUT2D eigenvalue weighted by molar-refractivity contribution is -0.139. The highest BCUT2D eigenvalue weighted by Crippen LogP contribution is 2.40. The highest BCUT2D eigenvalue weighted by Gasteiger charge is 2.39. The number of carbonyl (C=O) groups is 1. The van der Waals surface area contributed by atoms with E-state index >= 15 is 4.39 Å². The number of nitrogens with zero attached hydrogens (tertiary/aromatic N) is 4. The normalized spacial score (nSPS) is 18.7. The Bertz CT molecular complexity index is 1760. The average Bonchev–Trinajstić information content (AvgIpc) is 3.28. The number of aromatic carboxylic acids is 1. The van der Waals surface area contributed by atoms with Crippen molar-refractivity contribution in [2.45, 2.75) is 57.8 Å². The van der Waals surface area contributed by atoms with Crippen LogP contribution in [0, 0.1) is 5.82 Å². The summed E-state index contributed by atoms with van der Waals surface area (Å²) in [4.78, 5) is 22.6. The quantitative estimate of drug-likeness (QED) is 0.203. The Balaban J connectivity index is 1.32. The molecule has 0 radical (unpaired) electrons. The molecule has 2 aromatic carbocycles. The highest BCUT2D eigenvalue weighted by atomic mass is 35.5. The fourth-order valence-corrected chi connectivity index (χ4v) is 6.05. The number of fused-ring (bicyclic) bond motifs is 2. The molecule has 8 nitrogen and oxygen atoms in total. The van der Waals surface area contributed by atoms with Crippen molar-refractivity contribution in [1.29, 1.82) is 0 Å². The molecule has 2 aliphatic heterocycles. The molecular weight excluding hydrogens is 627 g/mol. The maximum atomic E-state index is 15.4. The van der Waals surface area contributed by atoms with Gasteiger partial charge >= 0.3 is 12.1 Å². The number of carboxylic acid groups (broad SMARTS) is 1. The van der Waals surface area contributed by atoms with E-state index in [9.17, 15) is 23.1 Å². The fraction of sp³-hybridized carbons (Fsp3) is 0.367. The van der Waals surface area contributed by atoms with Gasteiger partial charge in [0.2, 0.25) is 5.88 Å². The van der Waals surface area contributed by atoms with Crippen LogP contribution in [-0.2, 0) is 37.0 Å². The molecule has 14 heteroatoms. The number of hydrogen-bond donors (Lipinski definition) is 1. The predicted molar refractivity (Wildman–Crippen MR) is 154 cm³/mol. The Morgan fingerprint density at radius 2 is 1.95 bits per heavy atom. The van der Waals surface area contributed by atoms with Gasteiger partial charge in [-0.2, -0.15) is 13.2 Å². The Morgan fingerprint density at radius 3 is 2.61 bits per heavy atom. The van der Waals surface area contributed by atoms with Crippen LogP contribution in [-0.4, -0.2) is 49.8 Å². The third kappa shape index (κ3) is 5.83. The molecule has 0 unspecified atom stereocenters. The molecule has 44 heavy (non-hydrogen) atoms. The van der Waals surface area contributed by atoms with Gasteiger partial charge in [0, 0.05) is 28.8 Å². The van der Waals surface area contributed by atoms with E-state index < -0.39 is 41.0 Å². The predicted octanol–water partition coefficient (Wildman–Crippen LogP) is 7.08. The van der Waals surface area contributed by atoms with E-state index in [1.807, 2.05) is 11.8 Å². The summed E-state index contributed by atoms with van der Waals surface area (Å²) in [5.74, 6) is -2.35. The smallest absolute Gasteiger partial charge is 0.421 e. The number of hydrogen-bond acceptors (Lipinski definition) is 6. The molecule has 0 saturated carbocycles. The maximum absolute atomic E-state index is 15.4. The number of ether oxygens (including phenoxy) is 2. The second-order valence-corrected chi connectivity index (χ2v) is 11.7. The SMILES string of the molecule is C[C@H]1c2nc(OCc3ccc(Cl)cc3Cl)c(C(F)(F)F)cc2CCN1Cc1nc2ccc(C(=O)O)c(F)c2n1C[C@@H]1CCO1. The van der Waals surface area contributed by atoms with Crippen molar-refractivity contribution >= 4 is 40.2 Å². The minimum atomic E-state index is -4.70. The molecule has 0 amide bonds. The molecule has 4 aromatic rings. The van der Waals surface area contributed by atoms with Gasteiger partial charge in [-0.15, -0.1) is 0 Å². The largest absolute Gasteiger partial charge is 0.478 e. The number of benzene rings is 2. The van der Waals surface area contributed by atoms with Crippen molar-refractivity contribution in [2.75, 3.05) is 13.2 Å². The first-order valence-electron chi connectivity index (χ1n) is 13.8. The maximum Gasteiger partial charge on any atom is 0.421 e. The van der Waals surface area contributed by atoms with Crippen molar-refractivity contribution < 1.29 is 36.9 Å². The average molecular weight is 653 g/mol. The standard InChI is InChI=1S/C30H26Cl2F4N4O4/c1-15-26-16(10-21(30(34,35)36)28(38-26)44-14-17-2-3-18(31)11-22(17)32)6-8-39(15)13-24-37-23-5-4-20(29(41)42)25(33)27(23)40(24)12-19-7-9-43-19/h2-5,10-11,15,19H,6-9,12-14H2,1H3,(H,41,42)/t15-,19-/m0/s1. The van der Waals surface area contributed by atoms with Crippen LogP contribution in [0.2, 0.25) is 10.0 Å². The van der Waals surface area contributed by atoms with Crippen molar-refractivity contribution in [2.24, 2.45) is 0 Å². The minimum Gasteiger partial charge on any atom is -0.478 e. The number of carboxylic acids is 1. The molecule has 0 aliphatic carbocycles. The van der Waals surface area contributed by atoms with Crippen LogP contribution in [0.4, 0.5) is 17.6 Å². The second kappa shape index (κ2) is 11.8. The van der Waals surface area contributed by atoms with Gasteiger partial charge in [-0.25, -0.2) is 19.2 Å². The van der Waals surface area contributed by atoms with E-state index in [1.165, 1.54) is 18.2 Å². The van der Waals surface area contributed by atoms with Gasteiger partial charge in [-0.05, 0) is 55.7 Å². The molecule has 2 atom stereocenters. The zero-order chi connectivity index (χ0) is 31.3. The molecule has 0 bridgehead atoms. The molecule has 1 saturated heterocycles. The first kappa shape index (κ1) is 30.6. The van der Waals surface area contributed by atoms with Gasteiger partial charge in [0.15, 0.2) is 5.82 Å². The Morgan fingerprint density at radius 1 is 1.18 bits per heavy atom. The Labute approximate surface area is 259 Å². The molecule has 6 rings (SSSR count). The summed E-state index contributed by atoms with van der Waals surface area (Å²) in [6.45, 7) is 3.03. The molecule has 2 aliphatic rings. The van der Waals surface area contributed by atoms with Gasteiger partial charge < -0.3 is 19.1 Å². The van der Waals surface area contributed by atoms with E-state index in [1.54, 1.807) is 16.7 Å². The van der Waals surface area contributed by atoms with Crippen LogP contribution < -0.4 is 4.74 Å². The van der Waals surface area contributed by atoms with Crippen LogP contribution in [0.25, 0.3) is 11.0 Å². The first-order chi connectivity index (χ1) is 20.9. The number of halogens is 6. The van der Waals surface area contributed by atoms with Gasteiger partial charge in [0.25, 0.3) is 0 Å². The number of aromatic nitrogens is 3. The number of rotatable bonds is 8. The van der Waals surface area contributed by atoms with Crippen molar-refractivity contribution in [3.05, 3.63) is 86.0 Å². The molecule has 232 valence electrons. The molecule has 1 N–H and O–H groups in total. The molecule has 1 fully saturated rings. The number of imidazole rings is 1. The van der Waals surface area contributed by atoms with Gasteiger partial charge in [-0.3, -0.25) is 4.90 Å². The van der Waals surface area contributed by atoms with Crippen LogP contribution in [0.3, 0.4) is 0 Å². The van der Waals surface area contributed by atoms with Gasteiger partial charge in [-0.1, -0.05) is 29.3 Å². The zero-order valence-electron chi connectivity index (χ0n) is 23.3. The summed E-state index contributed by atoms with van der Waals surface area (Å²) in [5, 5.41) is 10.1.